The highest BCUT2D eigenvalue weighted by Gasteiger charge is 2.36. The van der Waals surface area contributed by atoms with Crippen LogP contribution in [-0.2, 0) is 16.0 Å². The molecule has 11 heteroatoms. The molecule has 1 aromatic carbocycles. The first-order valence-electron chi connectivity index (χ1n) is 10.5. The molecule has 0 aliphatic carbocycles. The first-order chi connectivity index (χ1) is 15.8. The molecule has 1 unspecified atom stereocenters. The molecular weight excluding hydrogens is 431 g/mol. The second-order valence-corrected chi connectivity index (χ2v) is 8.52. The van der Waals surface area contributed by atoms with Gasteiger partial charge in [-0.2, -0.15) is 10.2 Å². The van der Waals surface area contributed by atoms with Crippen molar-refractivity contribution in [3.63, 3.8) is 0 Å². The van der Waals surface area contributed by atoms with Crippen LogP contribution in [0.3, 0.4) is 0 Å². The van der Waals surface area contributed by atoms with Gasteiger partial charge in [0.1, 0.15) is 41.1 Å². The molecule has 5 rings (SSSR count). The van der Waals surface area contributed by atoms with Crippen LogP contribution in [0.1, 0.15) is 44.2 Å². The fourth-order valence-electron chi connectivity index (χ4n) is 4.27. The van der Waals surface area contributed by atoms with E-state index in [1.54, 1.807) is 0 Å². The standard InChI is InChI=1S/C22H21FN6O4/c1-22(2)7-6-15(32-22)20-26-19(27-33-20)16-18-21(30)28(8-9-31-3)17-12(10-24)13(23)4-5-14(17)29(18)11-25-16/h4-5,11,15H,6-9H2,1-3H3. The maximum absolute atomic E-state index is 14.4. The average Bonchev–Trinajstić information content (AvgIpc) is 3.51. The Kier molecular flexibility index (Phi) is 4.99. The lowest BCUT2D eigenvalue weighted by Crippen LogP contribution is -2.26. The Balaban J connectivity index is 1.71. The molecule has 0 amide bonds. The Labute approximate surface area is 187 Å². The zero-order valence-corrected chi connectivity index (χ0v) is 18.3. The highest BCUT2D eigenvalue weighted by molar-refractivity contribution is 5.87. The second-order valence-electron chi connectivity index (χ2n) is 8.52. The highest BCUT2D eigenvalue weighted by atomic mass is 19.1. The van der Waals surface area contributed by atoms with Gasteiger partial charge in [0.15, 0.2) is 0 Å². The van der Waals surface area contributed by atoms with Crippen LogP contribution in [0.4, 0.5) is 4.39 Å². The van der Waals surface area contributed by atoms with E-state index in [4.69, 9.17) is 14.0 Å². The van der Waals surface area contributed by atoms with Crippen molar-refractivity contribution >= 4 is 16.6 Å². The van der Waals surface area contributed by atoms with Crippen molar-refractivity contribution in [1.82, 2.24) is 24.1 Å². The molecule has 0 saturated carbocycles. The quantitative estimate of drug-likeness (QED) is 0.453. The Morgan fingerprint density at radius 3 is 2.88 bits per heavy atom. The Bertz CT molecular complexity index is 1480. The summed E-state index contributed by atoms with van der Waals surface area (Å²) in [5.41, 5.74) is 0.0624. The molecule has 0 N–H and O–H groups in total. The van der Waals surface area contributed by atoms with Gasteiger partial charge in [-0.1, -0.05) is 5.16 Å². The summed E-state index contributed by atoms with van der Waals surface area (Å²) in [6, 6.07) is 4.56. The van der Waals surface area contributed by atoms with E-state index in [0.717, 1.165) is 12.8 Å². The minimum absolute atomic E-state index is 0.119. The van der Waals surface area contributed by atoms with Gasteiger partial charge in [-0.25, -0.2) is 9.37 Å². The van der Waals surface area contributed by atoms with Gasteiger partial charge in [-0.05, 0) is 38.8 Å². The van der Waals surface area contributed by atoms with Crippen molar-refractivity contribution in [3.05, 3.63) is 46.1 Å². The number of aromatic nitrogens is 5. The molecule has 1 fully saturated rings. The molecule has 10 nitrogen and oxygen atoms in total. The Morgan fingerprint density at radius 2 is 2.18 bits per heavy atom. The van der Waals surface area contributed by atoms with Crippen molar-refractivity contribution in [2.75, 3.05) is 13.7 Å². The summed E-state index contributed by atoms with van der Waals surface area (Å²) in [6.07, 6.45) is 2.71. The van der Waals surface area contributed by atoms with Crippen LogP contribution in [-0.4, -0.2) is 43.4 Å². The van der Waals surface area contributed by atoms with Gasteiger partial charge < -0.3 is 18.6 Å². The minimum atomic E-state index is -0.711. The minimum Gasteiger partial charge on any atom is -0.383 e. The fourth-order valence-corrected chi connectivity index (χ4v) is 4.27. The van der Waals surface area contributed by atoms with Gasteiger partial charge in [0.2, 0.25) is 5.82 Å². The smallest absolute Gasteiger partial charge is 0.277 e. The predicted molar refractivity (Wildman–Crippen MR) is 114 cm³/mol. The third-order valence-electron chi connectivity index (χ3n) is 5.88. The lowest BCUT2D eigenvalue weighted by atomic mass is 10.1. The summed E-state index contributed by atoms with van der Waals surface area (Å²) in [4.78, 5) is 22.3. The van der Waals surface area contributed by atoms with Crippen LogP contribution in [0, 0.1) is 17.1 Å². The number of methoxy groups -OCH3 is 1. The van der Waals surface area contributed by atoms with Gasteiger partial charge in [0.25, 0.3) is 11.4 Å². The SMILES string of the molecule is COCCn1c(=O)c2c(-c3noc(C4CCC(C)(C)O4)n3)ncn2c2ccc(F)c(C#N)c21. The first-order valence-corrected chi connectivity index (χ1v) is 10.5. The molecule has 1 aliphatic heterocycles. The summed E-state index contributed by atoms with van der Waals surface area (Å²) in [5.74, 6) is -0.234. The summed E-state index contributed by atoms with van der Waals surface area (Å²) in [5, 5.41) is 13.6. The molecule has 33 heavy (non-hydrogen) atoms. The number of imidazole rings is 1. The van der Waals surface area contributed by atoms with Gasteiger partial charge in [0, 0.05) is 13.7 Å². The third-order valence-corrected chi connectivity index (χ3v) is 5.88. The lowest BCUT2D eigenvalue weighted by molar-refractivity contribution is -0.0292. The van der Waals surface area contributed by atoms with Gasteiger partial charge in [-0.3, -0.25) is 9.20 Å². The number of benzene rings is 1. The highest BCUT2D eigenvalue weighted by Crippen LogP contribution is 2.38. The van der Waals surface area contributed by atoms with E-state index in [2.05, 4.69) is 15.1 Å². The topological polar surface area (TPSA) is 120 Å². The number of hydrogen-bond acceptors (Lipinski definition) is 8. The van der Waals surface area contributed by atoms with Crippen molar-refractivity contribution in [3.8, 4) is 17.6 Å². The number of halogens is 1. The monoisotopic (exact) mass is 452 g/mol. The van der Waals surface area contributed by atoms with E-state index < -0.39 is 11.4 Å². The first kappa shape index (κ1) is 21.2. The van der Waals surface area contributed by atoms with Crippen LogP contribution in [0.15, 0.2) is 27.8 Å². The number of hydrogen-bond donors (Lipinski definition) is 0. The predicted octanol–water partition coefficient (Wildman–Crippen LogP) is 2.99. The third kappa shape index (κ3) is 3.39. The van der Waals surface area contributed by atoms with Crippen molar-refractivity contribution in [1.29, 1.82) is 5.26 Å². The van der Waals surface area contributed by atoms with E-state index in [-0.39, 0.29) is 53.0 Å². The Morgan fingerprint density at radius 1 is 1.36 bits per heavy atom. The molecule has 0 radical (unpaired) electrons. The van der Waals surface area contributed by atoms with E-state index in [1.807, 2.05) is 19.9 Å². The molecular formula is C22H21FN6O4. The van der Waals surface area contributed by atoms with Crippen molar-refractivity contribution in [2.45, 2.75) is 44.9 Å². The average molecular weight is 452 g/mol. The van der Waals surface area contributed by atoms with Crippen LogP contribution in [0.5, 0.6) is 0 Å². The summed E-state index contributed by atoms with van der Waals surface area (Å²) >= 11 is 0. The van der Waals surface area contributed by atoms with Crippen molar-refractivity contribution < 1.29 is 18.4 Å². The van der Waals surface area contributed by atoms with E-state index in [9.17, 15) is 14.4 Å². The molecule has 4 heterocycles. The normalized spacial score (nSPS) is 17.7. The zero-order chi connectivity index (χ0) is 23.3. The van der Waals surface area contributed by atoms with Crippen LogP contribution in [0.25, 0.3) is 28.1 Å². The largest absolute Gasteiger partial charge is 0.383 e. The fraction of sp³-hybridized carbons (Fsp3) is 0.409. The van der Waals surface area contributed by atoms with E-state index >= 15 is 0 Å². The van der Waals surface area contributed by atoms with E-state index in [0.29, 0.717) is 11.4 Å². The lowest BCUT2D eigenvalue weighted by Gasteiger charge is -2.17. The number of fused-ring (bicyclic) bond motifs is 3. The number of nitriles is 1. The molecule has 170 valence electrons. The summed E-state index contributed by atoms with van der Waals surface area (Å²) < 4.78 is 33.8. The van der Waals surface area contributed by atoms with Crippen LogP contribution in [0.2, 0.25) is 0 Å². The molecule has 0 bridgehead atoms. The molecule has 0 spiro atoms. The van der Waals surface area contributed by atoms with Crippen LogP contribution < -0.4 is 5.56 Å². The van der Waals surface area contributed by atoms with Gasteiger partial charge in [0.05, 0.1) is 23.2 Å². The summed E-state index contributed by atoms with van der Waals surface area (Å²) in [6.45, 7) is 4.31. The molecule has 3 aromatic heterocycles. The maximum atomic E-state index is 14.4. The van der Waals surface area contributed by atoms with Gasteiger partial charge >= 0.3 is 0 Å². The van der Waals surface area contributed by atoms with Gasteiger partial charge in [-0.15, -0.1) is 0 Å². The zero-order valence-electron chi connectivity index (χ0n) is 18.3. The van der Waals surface area contributed by atoms with E-state index in [1.165, 1.54) is 34.5 Å². The molecule has 1 saturated heterocycles. The Hall–Kier alpha value is -3.62. The van der Waals surface area contributed by atoms with Crippen LogP contribution >= 0.6 is 0 Å². The molecule has 4 aromatic rings. The number of ether oxygens (including phenoxy) is 2. The molecule has 1 atom stereocenters. The maximum Gasteiger partial charge on any atom is 0.277 e. The summed E-state index contributed by atoms with van der Waals surface area (Å²) in [7, 11) is 1.50. The number of rotatable bonds is 5. The second kappa shape index (κ2) is 7.75. The number of nitrogens with zero attached hydrogens (tertiary/aromatic N) is 6. The van der Waals surface area contributed by atoms with Crippen molar-refractivity contribution in [2.24, 2.45) is 0 Å². The molecule has 1 aliphatic rings.